The van der Waals surface area contributed by atoms with Crippen molar-refractivity contribution in [2.45, 2.75) is 13.1 Å². The minimum Gasteiger partial charge on any atom is -0.359 e. The lowest BCUT2D eigenvalue weighted by Crippen LogP contribution is -2.40. The Labute approximate surface area is 179 Å². The van der Waals surface area contributed by atoms with Crippen LogP contribution in [0, 0.1) is 0 Å². The highest BCUT2D eigenvalue weighted by atomic mass is 35.5. The third-order valence-electron chi connectivity index (χ3n) is 4.89. The van der Waals surface area contributed by atoms with Crippen LogP contribution in [0.15, 0.2) is 48.9 Å². The molecular formula is C21H21ClN6O2. The fourth-order valence-corrected chi connectivity index (χ4v) is 3.49. The number of pyridine rings is 1. The fraction of sp³-hybridized carbons (Fsp3) is 0.238. The van der Waals surface area contributed by atoms with Crippen LogP contribution in [-0.4, -0.2) is 45.1 Å². The highest BCUT2D eigenvalue weighted by Gasteiger charge is 2.27. The molecule has 2 aromatic heterocycles. The SMILES string of the molecule is CN(Cc1cnn(C)c1)C(=O)c1cnc2c(c1)N(Cc1ccc(Cl)cc1)C(=O)CN2. The van der Waals surface area contributed by atoms with Crippen molar-refractivity contribution < 1.29 is 9.59 Å². The van der Waals surface area contributed by atoms with E-state index in [2.05, 4.69) is 15.4 Å². The van der Waals surface area contributed by atoms with Gasteiger partial charge in [0.1, 0.15) is 0 Å². The topological polar surface area (TPSA) is 83.4 Å². The third kappa shape index (κ3) is 4.13. The van der Waals surface area contributed by atoms with E-state index < -0.39 is 0 Å². The molecule has 4 rings (SSSR count). The van der Waals surface area contributed by atoms with Gasteiger partial charge in [0.05, 0.1) is 30.5 Å². The number of nitrogens with one attached hydrogen (secondary N) is 1. The van der Waals surface area contributed by atoms with E-state index in [1.54, 1.807) is 45.9 Å². The van der Waals surface area contributed by atoms with Gasteiger partial charge in [-0.3, -0.25) is 14.3 Å². The van der Waals surface area contributed by atoms with E-state index in [9.17, 15) is 9.59 Å². The molecule has 0 fully saturated rings. The smallest absolute Gasteiger partial charge is 0.255 e. The largest absolute Gasteiger partial charge is 0.359 e. The molecule has 1 N–H and O–H groups in total. The van der Waals surface area contributed by atoms with Crippen LogP contribution in [-0.2, 0) is 24.9 Å². The van der Waals surface area contributed by atoms with Crippen molar-refractivity contribution in [3.63, 3.8) is 0 Å². The maximum Gasteiger partial charge on any atom is 0.255 e. The lowest BCUT2D eigenvalue weighted by atomic mass is 10.1. The Morgan fingerprint density at radius 1 is 1.23 bits per heavy atom. The minimum absolute atomic E-state index is 0.0902. The van der Waals surface area contributed by atoms with E-state index in [0.717, 1.165) is 11.1 Å². The molecule has 2 amide bonds. The molecular weight excluding hydrogens is 404 g/mol. The van der Waals surface area contributed by atoms with Gasteiger partial charge in [-0.2, -0.15) is 5.10 Å². The van der Waals surface area contributed by atoms with Gasteiger partial charge in [0.25, 0.3) is 5.91 Å². The maximum atomic E-state index is 12.9. The number of hydrogen-bond acceptors (Lipinski definition) is 5. The molecule has 0 radical (unpaired) electrons. The zero-order chi connectivity index (χ0) is 21.3. The molecule has 8 nitrogen and oxygen atoms in total. The second-order valence-corrected chi connectivity index (χ2v) is 7.67. The molecule has 0 unspecified atom stereocenters. The molecule has 0 aliphatic carbocycles. The maximum absolute atomic E-state index is 12.9. The third-order valence-corrected chi connectivity index (χ3v) is 5.14. The predicted molar refractivity (Wildman–Crippen MR) is 114 cm³/mol. The first-order chi connectivity index (χ1) is 14.4. The quantitative estimate of drug-likeness (QED) is 0.680. The van der Waals surface area contributed by atoms with Gasteiger partial charge in [0, 0.05) is 43.6 Å². The van der Waals surface area contributed by atoms with Crippen LogP contribution in [0.25, 0.3) is 0 Å². The molecule has 0 saturated carbocycles. The molecule has 3 heterocycles. The number of carbonyl (C=O) groups is 2. The molecule has 3 aromatic rings. The van der Waals surface area contributed by atoms with Crippen molar-refractivity contribution in [2.24, 2.45) is 7.05 Å². The van der Waals surface area contributed by atoms with Crippen molar-refractivity contribution in [2.75, 3.05) is 23.8 Å². The number of anilines is 2. The van der Waals surface area contributed by atoms with Crippen LogP contribution in [0.1, 0.15) is 21.5 Å². The summed E-state index contributed by atoms with van der Waals surface area (Å²) in [6.07, 6.45) is 5.13. The van der Waals surface area contributed by atoms with E-state index in [1.165, 1.54) is 6.20 Å². The van der Waals surface area contributed by atoms with Gasteiger partial charge < -0.3 is 15.1 Å². The molecule has 1 aromatic carbocycles. The lowest BCUT2D eigenvalue weighted by Gasteiger charge is -2.30. The number of nitrogens with zero attached hydrogens (tertiary/aromatic N) is 5. The molecule has 0 saturated heterocycles. The van der Waals surface area contributed by atoms with Gasteiger partial charge in [-0.15, -0.1) is 0 Å². The van der Waals surface area contributed by atoms with Crippen molar-refractivity contribution in [1.29, 1.82) is 0 Å². The van der Waals surface area contributed by atoms with E-state index in [-0.39, 0.29) is 18.4 Å². The van der Waals surface area contributed by atoms with Gasteiger partial charge in [-0.1, -0.05) is 23.7 Å². The number of benzene rings is 1. The first-order valence-corrected chi connectivity index (χ1v) is 9.80. The van der Waals surface area contributed by atoms with E-state index in [4.69, 9.17) is 11.6 Å². The fourth-order valence-electron chi connectivity index (χ4n) is 3.37. The van der Waals surface area contributed by atoms with Gasteiger partial charge in [-0.05, 0) is 23.8 Å². The highest BCUT2D eigenvalue weighted by molar-refractivity contribution is 6.30. The number of carbonyl (C=O) groups excluding carboxylic acids is 2. The summed E-state index contributed by atoms with van der Waals surface area (Å²) in [6, 6.07) is 9.04. The van der Waals surface area contributed by atoms with Crippen molar-refractivity contribution in [3.05, 3.63) is 70.6 Å². The normalized spacial score (nSPS) is 13.0. The van der Waals surface area contributed by atoms with E-state index >= 15 is 0 Å². The van der Waals surface area contributed by atoms with Gasteiger partial charge in [0.2, 0.25) is 5.91 Å². The summed E-state index contributed by atoms with van der Waals surface area (Å²) in [5, 5.41) is 7.78. The minimum atomic E-state index is -0.182. The lowest BCUT2D eigenvalue weighted by molar-refractivity contribution is -0.117. The Kier molecular flexibility index (Phi) is 5.41. The van der Waals surface area contributed by atoms with Crippen LogP contribution in [0.4, 0.5) is 11.5 Å². The van der Waals surface area contributed by atoms with Crippen molar-refractivity contribution in [1.82, 2.24) is 19.7 Å². The highest BCUT2D eigenvalue weighted by Crippen LogP contribution is 2.30. The van der Waals surface area contributed by atoms with Crippen LogP contribution in [0.5, 0.6) is 0 Å². The second kappa shape index (κ2) is 8.16. The monoisotopic (exact) mass is 424 g/mol. The summed E-state index contributed by atoms with van der Waals surface area (Å²) >= 11 is 5.96. The molecule has 30 heavy (non-hydrogen) atoms. The Hall–Kier alpha value is -3.39. The Morgan fingerprint density at radius 2 is 2.00 bits per heavy atom. The molecule has 9 heteroatoms. The number of amides is 2. The van der Waals surface area contributed by atoms with Gasteiger partial charge in [0.15, 0.2) is 5.82 Å². The van der Waals surface area contributed by atoms with E-state index in [0.29, 0.717) is 35.2 Å². The number of hydrogen-bond donors (Lipinski definition) is 1. The first kappa shape index (κ1) is 19.9. The second-order valence-electron chi connectivity index (χ2n) is 7.24. The van der Waals surface area contributed by atoms with Crippen LogP contribution < -0.4 is 10.2 Å². The average Bonchev–Trinajstić information content (AvgIpc) is 3.15. The van der Waals surface area contributed by atoms with Gasteiger partial charge >= 0.3 is 0 Å². The van der Waals surface area contributed by atoms with Crippen molar-refractivity contribution >= 4 is 34.9 Å². The average molecular weight is 425 g/mol. The number of aryl methyl sites for hydroxylation is 1. The standard InChI is InChI=1S/C21H21ClN6O2/c1-26(11-15-8-25-27(2)12-15)21(30)16-7-18-20(23-9-16)24-10-19(29)28(18)13-14-3-5-17(22)6-4-14/h3-9,12H,10-11,13H2,1-2H3,(H,23,24). The number of rotatable bonds is 5. The summed E-state index contributed by atoms with van der Waals surface area (Å²) in [5.41, 5.74) is 2.87. The van der Waals surface area contributed by atoms with E-state index in [1.807, 2.05) is 25.4 Å². The molecule has 1 aliphatic rings. The molecule has 0 atom stereocenters. The number of aromatic nitrogens is 3. The van der Waals surface area contributed by atoms with Gasteiger partial charge in [-0.25, -0.2) is 4.98 Å². The molecule has 154 valence electrons. The molecule has 0 spiro atoms. The predicted octanol–water partition coefficient (Wildman–Crippen LogP) is 2.70. The van der Waals surface area contributed by atoms with Crippen LogP contribution in [0.2, 0.25) is 5.02 Å². The summed E-state index contributed by atoms with van der Waals surface area (Å²) < 4.78 is 1.69. The Morgan fingerprint density at radius 3 is 2.70 bits per heavy atom. The zero-order valence-corrected chi connectivity index (χ0v) is 17.4. The molecule has 0 bridgehead atoms. The Bertz CT molecular complexity index is 1100. The first-order valence-electron chi connectivity index (χ1n) is 9.42. The van der Waals surface area contributed by atoms with Crippen LogP contribution in [0.3, 0.4) is 0 Å². The molecule has 1 aliphatic heterocycles. The number of fused-ring (bicyclic) bond motifs is 1. The Balaban J connectivity index is 1.58. The number of halogens is 1. The van der Waals surface area contributed by atoms with Crippen molar-refractivity contribution in [3.8, 4) is 0 Å². The van der Waals surface area contributed by atoms with Crippen LogP contribution >= 0.6 is 11.6 Å². The summed E-state index contributed by atoms with van der Waals surface area (Å²) in [7, 11) is 3.56. The summed E-state index contributed by atoms with van der Waals surface area (Å²) in [4.78, 5) is 33.2. The summed E-state index contributed by atoms with van der Waals surface area (Å²) in [6.45, 7) is 0.951. The summed E-state index contributed by atoms with van der Waals surface area (Å²) in [5.74, 6) is 0.307. The zero-order valence-electron chi connectivity index (χ0n) is 16.7.